The van der Waals surface area contributed by atoms with E-state index in [0.29, 0.717) is 18.8 Å². The van der Waals surface area contributed by atoms with Crippen LogP contribution in [0.2, 0.25) is 0 Å². The van der Waals surface area contributed by atoms with Crippen LogP contribution in [0.1, 0.15) is 52.9 Å². The molecular weight excluding hydrogens is 238 g/mol. The molecule has 2 N–H and O–H groups in total. The van der Waals surface area contributed by atoms with Crippen molar-refractivity contribution in [1.29, 1.82) is 0 Å². The van der Waals surface area contributed by atoms with Crippen molar-refractivity contribution in [1.82, 2.24) is 4.72 Å². The van der Waals surface area contributed by atoms with Crippen LogP contribution in [-0.2, 0) is 10.0 Å². The van der Waals surface area contributed by atoms with Crippen LogP contribution in [0.4, 0.5) is 0 Å². The molecule has 0 aromatic rings. The zero-order valence-electron chi connectivity index (χ0n) is 11.1. The highest BCUT2D eigenvalue weighted by molar-refractivity contribution is 7.90. The summed E-state index contributed by atoms with van der Waals surface area (Å²) in [7, 11) is -3.26. The molecule has 0 spiro atoms. The van der Waals surface area contributed by atoms with Gasteiger partial charge in [-0.2, -0.15) is 0 Å². The van der Waals surface area contributed by atoms with E-state index in [9.17, 15) is 13.5 Å². The normalized spacial score (nSPS) is 30.8. The number of nitrogens with one attached hydrogen (secondary N) is 1. The van der Waals surface area contributed by atoms with Gasteiger partial charge in [-0.05, 0) is 45.4 Å². The van der Waals surface area contributed by atoms with E-state index in [0.717, 1.165) is 19.3 Å². The highest BCUT2D eigenvalue weighted by Crippen LogP contribution is 2.33. The Morgan fingerprint density at radius 2 is 1.88 bits per heavy atom. The molecule has 1 aliphatic rings. The average molecular weight is 263 g/mol. The topological polar surface area (TPSA) is 66.4 Å². The smallest absolute Gasteiger partial charge is 0.214 e. The molecule has 0 bridgehead atoms. The lowest BCUT2D eigenvalue weighted by molar-refractivity contribution is -0.00445. The Morgan fingerprint density at radius 3 is 2.29 bits per heavy atom. The van der Waals surface area contributed by atoms with Crippen LogP contribution >= 0.6 is 0 Å². The fraction of sp³-hybridized carbons (Fsp3) is 1.00. The maximum Gasteiger partial charge on any atom is 0.214 e. The minimum Gasteiger partial charge on any atom is -0.389 e. The van der Waals surface area contributed by atoms with Gasteiger partial charge in [0.15, 0.2) is 0 Å². The van der Waals surface area contributed by atoms with Crippen molar-refractivity contribution in [2.45, 2.75) is 63.7 Å². The summed E-state index contributed by atoms with van der Waals surface area (Å²) >= 11 is 0. The molecule has 1 fully saturated rings. The zero-order chi connectivity index (χ0) is 13.1. The van der Waals surface area contributed by atoms with Crippen LogP contribution in [-0.4, -0.2) is 30.9 Å². The number of hydrogen-bond donors (Lipinski definition) is 2. The third-order valence-corrected chi connectivity index (χ3v) is 5.62. The Labute approximate surface area is 105 Å². The lowest BCUT2D eigenvalue weighted by atomic mass is 9.78. The van der Waals surface area contributed by atoms with Crippen molar-refractivity contribution in [3.8, 4) is 0 Å². The van der Waals surface area contributed by atoms with E-state index in [1.54, 1.807) is 13.8 Å². The summed E-state index contributed by atoms with van der Waals surface area (Å²) in [6, 6.07) is 0. The van der Waals surface area contributed by atoms with Crippen molar-refractivity contribution >= 4 is 10.0 Å². The molecule has 0 radical (unpaired) electrons. The van der Waals surface area contributed by atoms with Crippen molar-refractivity contribution in [3.63, 3.8) is 0 Å². The van der Waals surface area contributed by atoms with Crippen LogP contribution in [0.5, 0.6) is 0 Å². The van der Waals surface area contributed by atoms with E-state index in [-0.39, 0.29) is 6.54 Å². The summed E-state index contributed by atoms with van der Waals surface area (Å²) in [6.45, 7) is 5.60. The summed E-state index contributed by atoms with van der Waals surface area (Å²) < 4.78 is 25.8. The Kier molecular flexibility index (Phi) is 4.98. The lowest BCUT2D eigenvalue weighted by Gasteiger charge is -2.36. The Balaban J connectivity index is 2.47. The summed E-state index contributed by atoms with van der Waals surface area (Å²) in [5, 5.41) is 9.86. The molecule has 0 amide bonds. The second-order valence-corrected chi connectivity index (χ2v) is 7.81. The molecule has 4 nitrogen and oxygen atoms in total. The average Bonchev–Trinajstić information content (AvgIpc) is 2.28. The van der Waals surface area contributed by atoms with E-state index in [4.69, 9.17) is 0 Å². The van der Waals surface area contributed by atoms with Crippen LogP contribution in [0.3, 0.4) is 0 Å². The van der Waals surface area contributed by atoms with Gasteiger partial charge in [-0.15, -0.1) is 0 Å². The van der Waals surface area contributed by atoms with Gasteiger partial charge in [0.2, 0.25) is 10.0 Å². The molecular formula is C12H25NO3S. The molecule has 0 aromatic heterocycles. The maximum absolute atomic E-state index is 11.6. The molecule has 0 aliphatic heterocycles. The predicted molar refractivity (Wildman–Crippen MR) is 69.3 cm³/mol. The number of hydrogen-bond acceptors (Lipinski definition) is 3. The van der Waals surface area contributed by atoms with E-state index in [1.165, 1.54) is 0 Å². The van der Waals surface area contributed by atoms with Crippen LogP contribution in [0.25, 0.3) is 0 Å². The number of rotatable bonds is 5. The van der Waals surface area contributed by atoms with Gasteiger partial charge in [-0.1, -0.05) is 13.3 Å². The van der Waals surface area contributed by atoms with Gasteiger partial charge in [-0.3, -0.25) is 0 Å². The van der Waals surface area contributed by atoms with E-state index >= 15 is 0 Å². The SMILES string of the molecule is CCC1CCC(O)(CNS(=O)(=O)C(C)C)CC1. The summed E-state index contributed by atoms with van der Waals surface area (Å²) in [5.74, 6) is 0.692. The van der Waals surface area contributed by atoms with Gasteiger partial charge in [0, 0.05) is 6.54 Å². The minimum atomic E-state index is -3.26. The molecule has 0 unspecified atom stereocenters. The first-order valence-electron chi connectivity index (χ1n) is 6.50. The maximum atomic E-state index is 11.6. The van der Waals surface area contributed by atoms with Crippen LogP contribution < -0.4 is 4.72 Å². The van der Waals surface area contributed by atoms with Gasteiger partial charge in [0.05, 0.1) is 10.9 Å². The largest absolute Gasteiger partial charge is 0.389 e. The predicted octanol–water partition coefficient (Wildman–Crippen LogP) is 1.65. The molecule has 1 saturated carbocycles. The first-order chi connectivity index (χ1) is 7.79. The summed E-state index contributed by atoms with van der Waals surface area (Å²) in [6.07, 6.45) is 4.54. The standard InChI is InChI=1S/C12H25NO3S/c1-4-11-5-7-12(14,8-6-11)9-13-17(15,16)10(2)3/h10-11,13-14H,4-9H2,1-3H3. The molecule has 0 aromatic carbocycles. The third kappa shape index (κ3) is 4.23. The Bertz CT molecular complexity index is 330. The Morgan fingerprint density at radius 1 is 1.35 bits per heavy atom. The zero-order valence-corrected chi connectivity index (χ0v) is 11.9. The quantitative estimate of drug-likeness (QED) is 0.792. The first kappa shape index (κ1) is 14.9. The highest BCUT2D eigenvalue weighted by atomic mass is 32.2. The first-order valence-corrected chi connectivity index (χ1v) is 8.04. The van der Waals surface area contributed by atoms with Crippen LogP contribution in [0.15, 0.2) is 0 Å². The summed E-state index contributed by atoms with van der Waals surface area (Å²) in [4.78, 5) is 0. The van der Waals surface area contributed by atoms with Crippen molar-refractivity contribution < 1.29 is 13.5 Å². The summed E-state index contributed by atoms with van der Waals surface area (Å²) in [5.41, 5.74) is -0.840. The van der Waals surface area contributed by atoms with E-state index in [1.807, 2.05) is 0 Å². The molecule has 0 atom stereocenters. The van der Waals surface area contributed by atoms with Gasteiger partial charge in [0.1, 0.15) is 0 Å². The molecule has 5 heteroatoms. The van der Waals surface area contributed by atoms with Crippen LogP contribution in [0, 0.1) is 5.92 Å². The monoisotopic (exact) mass is 263 g/mol. The van der Waals surface area contributed by atoms with E-state index < -0.39 is 20.9 Å². The highest BCUT2D eigenvalue weighted by Gasteiger charge is 2.33. The van der Waals surface area contributed by atoms with Gasteiger partial charge in [0.25, 0.3) is 0 Å². The Hall–Kier alpha value is -0.130. The fourth-order valence-electron chi connectivity index (χ4n) is 2.20. The van der Waals surface area contributed by atoms with Gasteiger partial charge in [-0.25, -0.2) is 13.1 Å². The second-order valence-electron chi connectivity index (χ2n) is 5.49. The second kappa shape index (κ2) is 5.67. The molecule has 1 rings (SSSR count). The van der Waals surface area contributed by atoms with Gasteiger partial charge >= 0.3 is 0 Å². The molecule has 0 heterocycles. The molecule has 1 aliphatic carbocycles. The molecule has 17 heavy (non-hydrogen) atoms. The van der Waals surface area contributed by atoms with Crippen molar-refractivity contribution in [3.05, 3.63) is 0 Å². The molecule has 0 saturated heterocycles. The minimum absolute atomic E-state index is 0.157. The van der Waals surface area contributed by atoms with Gasteiger partial charge < -0.3 is 5.11 Å². The van der Waals surface area contributed by atoms with Crippen molar-refractivity contribution in [2.24, 2.45) is 5.92 Å². The third-order valence-electron chi connectivity index (χ3n) is 3.84. The lowest BCUT2D eigenvalue weighted by Crippen LogP contribution is -2.46. The fourth-order valence-corrected chi connectivity index (χ4v) is 3.00. The number of sulfonamides is 1. The van der Waals surface area contributed by atoms with Crippen molar-refractivity contribution in [2.75, 3.05) is 6.54 Å². The van der Waals surface area contributed by atoms with E-state index in [2.05, 4.69) is 11.6 Å². The molecule has 102 valence electrons. The number of aliphatic hydroxyl groups is 1.